The van der Waals surface area contributed by atoms with E-state index in [1.54, 1.807) is 18.1 Å². The zero-order valence-corrected chi connectivity index (χ0v) is 16.1. The van der Waals surface area contributed by atoms with Crippen LogP contribution in [0.5, 0.6) is 0 Å². The first-order valence-electron chi connectivity index (χ1n) is 8.37. The number of nitrogens with two attached hydrogens (primary N) is 1. The Morgan fingerprint density at radius 3 is 3.00 bits per heavy atom. The van der Waals surface area contributed by atoms with Crippen LogP contribution in [0.4, 0.5) is 5.82 Å². The first-order chi connectivity index (χ1) is 12.0. The van der Waals surface area contributed by atoms with Gasteiger partial charge in [0, 0.05) is 37.1 Å². The molecule has 0 aliphatic carbocycles. The van der Waals surface area contributed by atoms with E-state index in [9.17, 15) is 4.79 Å². The quantitative estimate of drug-likeness (QED) is 0.794. The number of anilines is 1. The topological polar surface area (TPSA) is 104 Å². The summed E-state index contributed by atoms with van der Waals surface area (Å²) in [5.41, 5.74) is 7.35. The van der Waals surface area contributed by atoms with Crippen LogP contribution in [0, 0.1) is 0 Å². The zero-order chi connectivity index (χ0) is 17.4. The van der Waals surface area contributed by atoms with Crippen LogP contribution in [0.2, 0.25) is 0 Å². The van der Waals surface area contributed by atoms with Crippen molar-refractivity contribution in [1.29, 1.82) is 0 Å². The van der Waals surface area contributed by atoms with Gasteiger partial charge in [0.1, 0.15) is 6.33 Å². The number of imidazole rings is 1. The fraction of sp³-hybridized carbons (Fsp3) is 0.500. The highest BCUT2D eigenvalue weighted by molar-refractivity contribution is 8.04. The molecule has 2 aromatic heterocycles. The minimum absolute atomic E-state index is 0. The molecule has 3 N–H and O–H groups in total. The molecule has 2 aromatic rings. The zero-order valence-electron chi connectivity index (χ0n) is 14.5. The Morgan fingerprint density at radius 2 is 2.19 bits per heavy atom. The van der Waals surface area contributed by atoms with E-state index < -0.39 is 0 Å². The standard InChI is InChI=1S/C16H21N7OS.ClH/c1-16(17)3-2-4-23(8-16)15(24)11-7-22(5-6-25-11)14-12-13(19-9-18-12)20-10-21-14;/h7,9-10H,2-6,8,17H2,1H3,(H,18,19,20,21);1H/t16-;/m0./s1. The third-order valence-electron chi connectivity index (χ3n) is 4.56. The number of thioether (sulfide) groups is 1. The van der Waals surface area contributed by atoms with Crippen molar-refractivity contribution in [2.45, 2.75) is 25.3 Å². The van der Waals surface area contributed by atoms with E-state index in [1.807, 2.05) is 22.9 Å². The number of halogens is 1. The maximum atomic E-state index is 12.9. The summed E-state index contributed by atoms with van der Waals surface area (Å²) in [6.07, 6.45) is 6.90. The van der Waals surface area contributed by atoms with E-state index >= 15 is 0 Å². The molecule has 140 valence electrons. The molecule has 0 spiro atoms. The predicted molar refractivity (Wildman–Crippen MR) is 105 cm³/mol. The van der Waals surface area contributed by atoms with E-state index in [2.05, 4.69) is 19.9 Å². The Kier molecular flexibility index (Phi) is 5.40. The molecule has 4 rings (SSSR count). The molecular weight excluding hydrogens is 374 g/mol. The minimum atomic E-state index is -0.304. The van der Waals surface area contributed by atoms with Crippen molar-refractivity contribution in [2.24, 2.45) is 5.73 Å². The molecule has 0 bridgehead atoms. The highest BCUT2D eigenvalue weighted by Crippen LogP contribution is 2.30. The maximum absolute atomic E-state index is 12.9. The molecule has 0 unspecified atom stereocenters. The second-order valence-corrected chi connectivity index (χ2v) is 7.95. The molecule has 8 nitrogen and oxygen atoms in total. The second kappa shape index (κ2) is 7.42. The fourth-order valence-electron chi connectivity index (χ4n) is 3.34. The minimum Gasteiger partial charge on any atom is -0.336 e. The lowest BCUT2D eigenvalue weighted by molar-refractivity contribution is -0.128. The molecule has 4 heterocycles. The highest BCUT2D eigenvalue weighted by atomic mass is 35.5. The van der Waals surface area contributed by atoms with E-state index in [0.29, 0.717) is 17.7 Å². The first-order valence-corrected chi connectivity index (χ1v) is 9.36. The van der Waals surface area contributed by atoms with E-state index in [0.717, 1.165) is 42.4 Å². The number of rotatable bonds is 2. The first kappa shape index (κ1) is 18.9. The van der Waals surface area contributed by atoms with Gasteiger partial charge in [-0.1, -0.05) is 0 Å². The highest BCUT2D eigenvalue weighted by Gasteiger charge is 2.32. The van der Waals surface area contributed by atoms with Gasteiger partial charge in [-0.2, -0.15) is 0 Å². The molecule has 1 amide bonds. The van der Waals surface area contributed by atoms with Gasteiger partial charge in [-0.25, -0.2) is 15.0 Å². The third kappa shape index (κ3) is 3.65. The number of amides is 1. The largest absolute Gasteiger partial charge is 0.336 e. The molecule has 1 fully saturated rings. The summed E-state index contributed by atoms with van der Waals surface area (Å²) < 4.78 is 0. The van der Waals surface area contributed by atoms with Gasteiger partial charge in [0.15, 0.2) is 17.0 Å². The monoisotopic (exact) mass is 395 g/mol. The van der Waals surface area contributed by atoms with Crippen molar-refractivity contribution >= 4 is 47.1 Å². The van der Waals surface area contributed by atoms with E-state index in [-0.39, 0.29) is 23.9 Å². The van der Waals surface area contributed by atoms with Crippen molar-refractivity contribution in [2.75, 3.05) is 30.3 Å². The van der Waals surface area contributed by atoms with Gasteiger partial charge in [-0.3, -0.25) is 4.79 Å². The molecule has 2 aliphatic heterocycles. The number of aromatic nitrogens is 4. The lowest BCUT2D eigenvalue weighted by atomic mass is 9.92. The summed E-state index contributed by atoms with van der Waals surface area (Å²) in [7, 11) is 0. The average molecular weight is 396 g/mol. The second-order valence-electron chi connectivity index (χ2n) is 6.82. The van der Waals surface area contributed by atoms with Crippen LogP contribution in [0.1, 0.15) is 19.8 Å². The van der Waals surface area contributed by atoms with E-state index in [1.165, 1.54) is 6.33 Å². The Balaban J connectivity index is 0.00000196. The summed E-state index contributed by atoms with van der Waals surface area (Å²) in [5, 5.41) is 0. The Morgan fingerprint density at radius 1 is 1.35 bits per heavy atom. The maximum Gasteiger partial charge on any atom is 0.261 e. The molecule has 0 radical (unpaired) electrons. The molecule has 0 saturated carbocycles. The number of nitrogens with one attached hydrogen (secondary N) is 1. The Hall–Kier alpha value is -1.84. The summed E-state index contributed by atoms with van der Waals surface area (Å²) in [5.74, 6) is 1.60. The van der Waals surface area contributed by atoms with Gasteiger partial charge < -0.3 is 20.5 Å². The Bertz CT molecular complexity index is 837. The number of fused-ring (bicyclic) bond motifs is 1. The molecule has 2 aliphatic rings. The van der Waals surface area contributed by atoms with Gasteiger partial charge in [-0.05, 0) is 19.8 Å². The number of piperidine rings is 1. The number of hydrogen-bond acceptors (Lipinski definition) is 7. The summed E-state index contributed by atoms with van der Waals surface area (Å²) in [6, 6.07) is 0. The summed E-state index contributed by atoms with van der Waals surface area (Å²) in [4.78, 5) is 33.3. The molecule has 26 heavy (non-hydrogen) atoms. The number of aromatic amines is 1. The van der Waals surface area contributed by atoms with Gasteiger partial charge >= 0.3 is 0 Å². The third-order valence-corrected chi connectivity index (χ3v) is 5.54. The predicted octanol–water partition coefficient (Wildman–Crippen LogP) is 1.51. The van der Waals surface area contributed by atoms with Gasteiger partial charge in [-0.15, -0.1) is 24.2 Å². The fourth-order valence-corrected chi connectivity index (χ4v) is 4.30. The van der Waals surface area contributed by atoms with Crippen LogP contribution in [0.25, 0.3) is 11.2 Å². The van der Waals surface area contributed by atoms with Gasteiger partial charge in [0.25, 0.3) is 5.91 Å². The van der Waals surface area contributed by atoms with Crippen molar-refractivity contribution in [3.63, 3.8) is 0 Å². The molecule has 1 atom stereocenters. The molecular formula is C16H22ClN7OS. The summed E-state index contributed by atoms with van der Waals surface area (Å²) in [6.45, 7) is 4.15. The molecule has 1 saturated heterocycles. The number of hydrogen-bond donors (Lipinski definition) is 2. The van der Waals surface area contributed by atoms with Crippen LogP contribution < -0.4 is 10.6 Å². The lowest BCUT2D eigenvalue weighted by Gasteiger charge is -2.38. The lowest BCUT2D eigenvalue weighted by Crippen LogP contribution is -2.54. The van der Waals surface area contributed by atoms with Crippen molar-refractivity contribution in [3.05, 3.63) is 23.8 Å². The van der Waals surface area contributed by atoms with Crippen LogP contribution in [-0.4, -0.2) is 61.7 Å². The van der Waals surface area contributed by atoms with Crippen LogP contribution in [0.3, 0.4) is 0 Å². The van der Waals surface area contributed by atoms with Crippen molar-refractivity contribution in [3.8, 4) is 0 Å². The van der Waals surface area contributed by atoms with Gasteiger partial charge in [0.05, 0.1) is 11.2 Å². The molecule has 10 heteroatoms. The number of carbonyl (C=O) groups is 1. The normalized spacial score (nSPS) is 23.5. The smallest absolute Gasteiger partial charge is 0.261 e. The van der Waals surface area contributed by atoms with Gasteiger partial charge in [0.2, 0.25) is 0 Å². The number of likely N-dealkylation sites (tertiary alicyclic amines) is 1. The number of H-pyrrole nitrogens is 1. The number of nitrogens with zero attached hydrogens (tertiary/aromatic N) is 5. The average Bonchev–Trinajstić information content (AvgIpc) is 3.09. The molecule has 0 aromatic carbocycles. The Labute approximate surface area is 162 Å². The number of carbonyl (C=O) groups excluding carboxylic acids is 1. The summed E-state index contributed by atoms with van der Waals surface area (Å²) >= 11 is 1.59. The van der Waals surface area contributed by atoms with E-state index in [4.69, 9.17) is 5.73 Å². The van der Waals surface area contributed by atoms with Crippen LogP contribution >= 0.6 is 24.2 Å². The van der Waals surface area contributed by atoms with Crippen LogP contribution in [-0.2, 0) is 4.79 Å². The van der Waals surface area contributed by atoms with Crippen molar-refractivity contribution in [1.82, 2.24) is 24.8 Å². The van der Waals surface area contributed by atoms with Crippen molar-refractivity contribution < 1.29 is 4.79 Å². The van der Waals surface area contributed by atoms with Crippen LogP contribution in [0.15, 0.2) is 23.8 Å². The SMILES string of the molecule is C[C@]1(N)CCCN(C(=O)C2=CN(c3ncnc4[nH]cnc34)CCS2)C1.Cl.